The maximum atomic E-state index is 14.1. The van der Waals surface area contributed by atoms with E-state index in [1.807, 2.05) is 0 Å². The number of benzene rings is 2. The Hall–Kier alpha value is -4.56. The van der Waals surface area contributed by atoms with Crippen LogP contribution in [0.25, 0.3) is 0 Å². The van der Waals surface area contributed by atoms with Crippen LogP contribution in [-0.4, -0.2) is 30.3 Å². The van der Waals surface area contributed by atoms with Gasteiger partial charge >= 0.3 is 12.5 Å². The molecule has 0 radical (unpaired) electrons. The van der Waals surface area contributed by atoms with Crippen molar-refractivity contribution in [2.75, 3.05) is 12.4 Å². The number of methoxy groups -OCH3 is 1. The molecule has 1 aromatic heterocycles. The molecule has 0 aliphatic heterocycles. The highest BCUT2D eigenvalue weighted by Gasteiger charge is 2.38. The molecule has 196 valence electrons. The molecule has 8 nitrogen and oxygen atoms in total. The van der Waals surface area contributed by atoms with E-state index in [0.29, 0.717) is 18.2 Å². The minimum Gasteiger partial charge on any atom is -0.495 e. The summed E-state index contributed by atoms with van der Waals surface area (Å²) in [6.07, 6.45) is -9.06. The van der Waals surface area contributed by atoms with E-state index in [1.165, 1.54) is 6.07 Å². The second kappa shape index (κ2) is 10.2. The monoisotopic (exact) mass is 533 g/mol. The van der Waals surface area contributed by atoms with E-state index in [4.69, 9.17) is 15.2 Å². The maximum absolute atomic E-state index is 14.1. The first-order valence-corrected chi connectivity index (χ1v) is 9.78. The van der Waals surface area contributed by atoms with E-state index in [1.54, 1.807) is 0 Å². The number of carbonyl (C=O) groups excluding carboxylic acids is 2. The van der Waals surface area contributed by atoms with Crippen LogP contribution in [0.4, 0.5) is 36.4 Å². The largest absolute Gasteiger partial charge is 0.573 e. The molecule has 0 saturated carbocycles. The fourth-order valence-electron chi connectivity index (χ4n) is 3.02. The van der Waals surface area contributed by atoms with Crippen LogP contribution in [0, 0.1) is 5.82 Å². The molecule has 3 rings (SSSR count). The number of rotatable bonds is 7. The van der Waals surface area contributed by atoms with Crippen molar-refractivity contribution >= 4 is 17.5 Å². The lowest BCUT2D eigenvalue weighted by atomic mass is 10.1. The normalized spacial score (nSPS) is 11.6. The van der Waals surface area contributed by atoms with E-state index >= 15 is 0 Å². The van der Waals surface area contributed by atoms with Crippen molar-refractivity contribution in [2.45, 2.75) is 12.5 Å². The Bertz CT molecular complexity index is 1340. The van der Waals surface area contributed by atoms with Gasteiger partial charge in [-0.15, -0.1) is 13.2 Å². The molecule has 0 unspecified atom stereocenters. The molecule has 0 fully saturated rings. The lowest BCUT2D eigenvalue weighted by Gasteiger charge is -2.19. The summed E-state index contributed by atoms with van der Waals surface area (Å²) < 4.78 is 106. The lowest BCUT2D eigenvalue weighted by Crippen LogP contribution is -2.19. The molecular weight excluding hydrogens is 519 g/mol. The lowest BCUT2D eigenvalue weighted by molar-refractivity contribution is -0.275. The minimum absolute atomic E-state index is 0.0843. The molecule has 1 heterocycles. The van der Waals surface area contributed by atoms with Gasteiger partial charge in [-0.25, -0.2) is 4.39 Å². The number of hydrogen-bond donors (Lipinski definition) is 2. The van der Waals surface area contributed by atoms with Crippen molar-refractivity contribution in [2.24, 2.45) is 5.73 Å². The number of aromatic nitrogens is 1. The zero-order valence-corrected chi connectivity index (χ0v) is 18.3. The first-order chi connectivity index (χ1) is 17.2. The quantitative estimate of drug-likeness (QED) is 0.399. The molecular formula is C22H14F7N3O5. The Morgan fingerprint density at radius 1 is 0.973 bits per heavy atom. The van der Waals surface area contributed by atoms with Gasteiger partial charge in [-0.2, -0.15) is 13.2 Å². The second-order valence-corrected chi connectivity index (χ2v) is 7.01. The molecule has 2 amide bonds. The number of nitrogens with two attached hydrogens (primary N) is 1. The van der Waals surface area contributed by atoms with Gasteiger partial charge in [0.15, 0.2) is 11.6 Å². The first-order valence-electron chi connectivity index (χ1n) is 9.78. The van der Waals surface area contributed by atoms with Gasteiger partial charge < -0.3 is 25.3 Å². The predicted octanol–water partition coefficient (Wildman–Crippen LogP) is 5.29. The van der Waals surface area contributed by atoms with Crippen LogP contribution in [0.5, 0.6) is 23.0 Å². The molecule has 0 bridgehead atoms. The third-order valence-corrected chi connectivity index (χ3v) is 4.48. The summed E-state index contributed by atoms with van der Waals surface area (Å²) in [6.45, 7) is 0. The van der Waals surface area contributed by atoms with Gasteiger partial charge in [-0.05, 0) is 36.4 Å². The van der Waals surface area contributed by atoms with Crippen LogP contribution < -0.4 is 25.3 Å². The van der Waals surface area contributed by atoms with Crippen LogP contribution >= 0.6 is 0 Å². The van der Waals surface area contributed by atoms with Crippen molar-refractivity contribution in [3.8, 4) is 23.0 Å². The van der Waals surface area contributed by atoms with E-state index < -0.39 is 64.3 Å². The Balaban J connectivity index is 2.06. The summed E-state index contributed by atoms with van der Waals surface area (Å²) in [6, 6.07) is 5.39. The van der Waals surface area contributed by atoms with Gasteiger partial charge in [0.1, 0.15) is 28.5 Å². The molecule has 0 spiro atoms. The van der Waals surface area contributed by atoms with E-state index in [-0.39, 0.29) is 11.4 Å². The summed E-state index contributed by atoms with van der Waals surface area (Å²) >= 11 is 0. The summed E-state index contributed by atoms with van der Waals surface area (Å²) in [5, 5.41) is 2.25. The van der Waals surface area contributed by atoms with Crippen LogP contribution in [-0.2, 0) is 6.18 Å². The zero-order valence-electron chi connectivity index (χ0n) is 18.3. The first kappa shape index (κ1) is 27.0. The van der Waals surface area contributed by atoms with Gasteiger partial charge in [-0.3, -0.25) is 14.6 Å². The molecule has 37 heavy (non-hydrogen) atoms. The standard InChI is InChI=1S/C22H14F7N3O5/c1-35-18-12(21(24,25)26)3-5-16(36-11-2-4-15(13(23)9-11)37-22(27,28)29)17(18)20(34)32-10-6-7-31-14(8-10)19(30)33/h2-9H,1H3,(H2,30,33)(H,31,32,34). The van der Waals surface area contributed by atoms with Crippen molar-refractivity contribution in [3.05, 3.63) is 71.3 Å². The van der Waals surface area contributed by atoms with Crippen LogP contribution in [0.2, 0.25) is 0 Å². The highest BCUT2D eigenvalue weighted by atomic mass is 19.4. The number of ether oxygens (including phenoxy) is 3. The average molecular weight is 533 g/mol. The highest BCUT2D eigenvalue weighted by Crippen LogP contribution is 2.43. The molecule has 2 aromatic carbocycles. The van der Waals surface area contributed by atoms with Gasteiger partial charge in [0, 0.05) is 18.0 Å². The van der Waals surface area contributed by atoms with Crippen molar-refractivity contribution in [1.82, 2.24) is 4.98 Å². The Kier molecular flexibility index (Phi) is 7.45. The number of nitrogens with zero attached hydrogens (tertiary/aromatic N) is 1. The number of nitrogens with one attached hydrogen (secondary N) is 1. The van der Waals surface area contributed by atoms with Gasteiger partial charge in [0.2, 0.25) is 0 Å². The molecule has 0 saturated heterocycles. The van der Waals surface area contributed by atoms with Crippen LogP contribution in [0.3, 0.4) is 0 Å². The number of anilines is 1. The summed E-state index contributed by atoms with van der Waals surface area (Å²) in [4.78, 5) is 28.0. The second-order valence-electron chi connectivity index (χ2n) is 7.01. The SMILES string of the molecule is COc1c(C(F)(F)F)ccc(Oc2ccc(OC(F)(F)F)c(F)c2)c1C(=O)Nc1ccnc(C(N)=O)c1. The van der Waals surface area contributed by atoms with Crippen LogP contribution in [0.15, 0.2) is 48.7 Å². The Morgan fingerprint density at radius 2 is 1.65 bits per heavy atom. The smallest absolute Gasteiger partial charge is 0.495 e. The van der Waals surface area contributed by atoms with E-state index in [0.717, 1.165) is 31.5 Å². The number of pyridine rings is 1. The minimum atomic E-state index is -5.18. The molecule has 15 heteroatoms. The summed E-state index contributed by atoms with van der Waals surface area (Å²) in [5.74, 6) is -6.88. The number of hydrogen-bond acceptors (Lipinski definition) is 6. The van der Waals surface area contributed by atoms with Gasteiger partial charge in [0.25, 0.3) is 11.8 Å². The van der Waals surface area contributed by atoms with Crippen LogP contribution in [0.1, 0.15) is 26.4 Å². The van der Waals surface area contributed by atoms with Crippen molar-refractivity contribution in [1.29, 1.82) is 0 Å². The number of amides is 2. The third kappa shape index (κ3) is 6.56. The molecule has 0 aliphatic rings. The summed E-state index contributed by atoms with van der Waals surface area (Å²) in [7, 11) is 0.853. The number of halogens is 7. The van der Waals surface area contributed by atoms with Gasteiger partial charge in [-0.1, -0.05) is 0 Å². The zero-order chi connectivity index (χ0) is 27.5. The molecule has 3 N–H and O–H groups in total. The maximum Gasteiger partial charge on any atom is 0.573 e. The van der Waals surface area contributed by atoms with E-state index in [9.17, 15) is 40.3 Å². The van der Waals surface area contributed by atoms with Gasteiger partial charge in [0.05, 0.1) is 12.7 Å². The molecule has 0 atom stereocenters. The van der Waals surface area contributed by atoms with Crippen molar-refractivity contribution < 1.29 is 54.5 Å². The van der Waals surface area contributed by atoms with Crippen molar-refractivity contribution in [3.63, 3.8) is 0 Å². The predicted molar refractivity (Wildman–Crippen MR) is 112 cm³/mol. The number of primary amides is 1. The third-order valence-electron chi connectivity index (χ3n) is 4.48. The molecule has 3 aromatic rings. The van der Waals surface area contributed by atoms with E-state index in [2.05, 4.69) is 15.0 Å². The molecule has 0 aliphatic carbocycles. The Labute approximate surface area is 202 Å². The number of carbonyl (C=O) groups is 2. The summed E-state index contributed by atoms with van der Waals surface area (Å²) in [5.41, 5.74) is 2.62. The topological polar surface area (TPSA) is 113 Å². The Morgan fingerprint density at radius 3 is 2.22 bits per heavy atom. The fraction of sp³-hybridized carbons (Fsp3) is 0.136. The average Bonchev–Trinajstić information content (AvgIpc) is 2.79. The number of alkyl halides is 6. The fourth-order valence-corrected chi connectivity index (χ4v) is 3.02. The highest BCUT2D eigenvalue weighted by molar-refractivity contribution is 6.09.